The lowest BCUT2D eigenvalue weighted by molar-refractivity contribution is 0.101. The van der Waals surface area contributed by atoms with Crippen LogP contribution in [0.3, 0.4) is 0 Å². The predicted octanol–water partition coefficient (Wildman–Crippen LogP) is 5.44. The first kappa shape index (κ1) is 15.5. The van der Waals surface area contributed by atoms with E-state index in [1.54, 1.807) is 18.7 Å². The van der Waals surface area contributed by atoms with Crippen LogP contribution in [0, 0.1) is 5.92 Å². The number of thioether (sulfide) groups is 1. The van der Waals surface area contributed by atoms with Crippen molar-refractivity contribution < 1.29 is 4.79 Å². The van der Waals surface area contributed by atoms with Crippen molar-refractivity contribution in [3.63, 3.8) is 0 Å². The SMILES string of the molecule is CSc1ccc(C2Nc3ccc(C(C)=O)cc3C3C=CCC32)cc1. The van der Waals surface area contributed by atoms with Crippen LogP contribution in [0.1, 0.15) is 46.8 Å². The Hall–Kier alpha value is -2.00. The zero-order valence-electron chi connectivity index (χ0n) is 14.0. The second kappa shape index (κ2) is 6.14. The summed E-state index contributed by atoms with van der Waals surface area (Å²) in [5.41, 5.74) is 4.57. The molecule has 2 aromatic carbocycles. The Bertz CT molecular complexity index is 809. The lowest BCUT2D eigenvalue weighted by atomic mass is 9.76. The number of Topliss-reactive ketones (excluding diaryl/α,β-unsaturated/α-hetero) is 1. The van der Waals surface area contributed by atoms with E-state index in [-0.39, 0.29) is 5.78 Å². The van der Waals surface area contributed by atoms with Gasteiger partial charge in [0.1, 0.15) is 0 Å². The minimum absolute atomic E-state index is 0.131. The van der Waals surface area contributed by atoms with E-state index in [1.165, 1.54) is 16.0 Å². The summed E-state index contributed by atoms with van der Waals surface area (Å²) >= 11 is 1.77. The average Bonchev–Trinajstić information content (AvgIpc) is 3.10. The molecule has 0 saturated carbocycles. The first-order valence-corrected chi connectivity index (χ1v) is 9.62. The maximum atomic E-state index is 11.7. The van der Waals surface area contributed by atoms with Gasteiger partial charge < -0.3 is 5.32 Å². The number of allylic oxidation sites excluding steroid dienone is 2. The third-order valence-corrected chi connectivity index (χ3v) is 5.99. The number of hydrogen-bond donors (Lipinski definition) is 1. The Kier molecular flexibility index (Phi) is 3.97. The third kappa shape index (κ3) is 2.57. The van der Waals surface area contributed by atoms with Gasteiger partial charge in [0.2, 0.25) is 0 Å². The molecule has 2 aliphatic rings. The fraction of sp³-hybridized carbons (Fsp3) is 0.286. The summed E-state index contributed by atoms with van der Waals surface area (Å²) in [5, 5.41) is 3.73. The lowest BCUT2D eigenvalue weighted by Crippen LogP contribution is -2.29. The van der Waals surface area contributed by atoms with Crippen LogP contribution < -0.4 is 5.32 Å². The predicted molar refractivity (Wildman–Crippen MR) is 101 cm³/mol. The summed E-state index contributed by atoms with van der Waals surface area (Å²) in [6.07, 6.45) is 7.79. The van der Waals surface area contributed by atoms with Gasteiger partial charge in [-0.05, 0) is 67.0 Å². The van der Waals surface area contributed by atoms with Gasteiger partial charge in [-0.15, -0.1) is 11.8 Å². The molecule has 0 radical (unpaired) electrons. The molecule has 2 aromatic rings. The molecule has 0 amide bonds. The number of anilines is 1. The van der Waals surface area contributed by atoms with E-state index in [2.05, 4.69) is 60.1 Å². The number of fused-ring (bicyclic) bond motifs is 3. The second-order valence-electron chi connectivity index (χ2n) is 6.61. The van der Waals surface area contributed by atoms with Crippen molar-refractivity contribution in [3.05, 3.63) is 71.3 Å². The monoisotopic (exact) mass is 335 g/mol. The summed E-state index contributed by atoms with van der Waals surface area (Å²) in [6.45, 7) is 1.63. The molecule has 122 valence electrons. The van der Waals surface area contributed by atoms with Crippen molar-refractivity contribution >= 4 is 23.2 Å². The molecule has 0 fully saturated rings. The van der Waals surface area contributed by atoms with Gasteiger partial charge in [-0.25, -0.2) is 0 Å². The average molecular weight is 335 g/mol. The number of ketones is 1. The zero-order chi connectivity index (χ0) is 16.7. The van der Waals surface area contributed by atoms with Crippen molar-refractivity contribution in [1.82, 2.24) is 0 Å². The molecule has 4 rings (SSSR count). The van der Waals surface area contributed by atoms with E-state index in [9.17, 15) is 4.79 Å². The summed E-state index contributed by atoms with van der Waals surface area (Å²) < 4.78 is 0. The van der Waals surface area contributed by atoms with Gasteiger partial charge in [0.25, 0.3) is 0 Å². The minimum Gasteiger partial charge on any atom is -0.378 e. The van der Waals surface area contributed by atoms with E-state index >= 15 is 0 Å². The number of benzene rings is 2. The van der Waals surface area contributed by atoms with E-state index in [4.69, 9.17) is 0 Å². The fourth-order valence-electron chi connectivity index (χ4n) is 3.95. The summed E-state index contributed by atoms with van der Waals surface area (Å²) in [4.78, 5) is 13.0. The molecule has 0 bridgehead atoms. The normalized spacial score (nSPS) is 24.2. The number of rotatable bonds is 3. The van der Waals surface area contributed by atoms with Crippen LogP contribution in [0.15, 0.2) is 59.5 Å². The van der Waals surface area contributed by atoms with E-state index in [0.29, 0.717) is 17.9 Å². The standard InChI is InChI=1S/C21H21NOS/c1-13(23)15-8-11-20-19(12-15)17-4-3-5-18(17)21(22-20)14-6-9-16(24-2)10-7-14/h3-4,6-12,17-18,21-22H,5H2,1-2H3. The summed E-state index contributed by atoms with van der Waals surface area (Å²) in [7, 11) is 0. The highest BCUT2D eigenvalue weighted by atomic mass is 32.2. The molecule has 1 aliphatic heterocycles. The van der Waals surface area contributed by atoms with E-state index < -0.39 is 0 Å². The zero-order valence-corrected chi connectivity index (χ0v) is 14.8. The van der Waals surface area contributed by atoms with E-state index in [0.717, 1.165) is 17.7 Å². The van der Waals surface area contributed by atoms with Crippen LogP contribution in [0.25, 0.3) is 0 Å². The van der Waals surface area contributed by atoms with Crippen LogP contribution in [-0.2, 0) is 0 Å². The van der Waals surface area contributed by atoms with Gasteiger partial charge in [0.15, 0.2) is 5.78 Å². The molecule has 3 unspecified atom stereocenters. The lowest BCUT2D eigenvalue weighted by Gasteiger charge is -2.37. The highest BCUT2D eigenvalue weighted by Crippen LogP contribution is 2.50. The number of hydrogen-bond acceptors (Lipinski definition) is 3. The first-order chi connectivity index (χ1) is 11.7. The molecule has 0 aromatic heterocycles. The van der Waals surface area contributed by atoms with Crippen LogP contribution in [0.5, 0.6) is 0 Å². The smallest absolute Gasteiger partial charge is 0.159 e. The Morgan fingerprint density at radius 3 is 2.67 bits per heavy atom. The summed E-state index contributed by atoms with van der Waals surface area (Å²) in [6, 6.07) is 15.3. The molecule has 0 spiro atoms. The van der Waals surface area contributed by atoms with Gasteiger partial charge in [-0.2, -0.15) is 0 Å². The highest BCUT2D eigenvalue weighted by Gasteiger charge is 2.37. The second-order valence-corrected chi connectivity index (χ2v) is 7.49. The van der Waals surface area contributed by atoms with Crippen LogP contribution >= 0.6 is 11.8 Å². The summed E-state index contributed by atoms with van der Waals surface area (Å²) in [5.74, 6) is 1.04. The van der Waals surface area contributed by atoms with E-state index in [1.807, 2.05) is 6.07 Å². The molecule has 24 heavy (non-hydrogen) atoms. The van der Waals surface area contributed by atoms with Crippen LogP contribution in [0.2, 0.25) is 0 Å². The van der Waals surface area contributed by atoms with Crippen molar-refractivity contribution in [2.24, 2.45) is 5.92 Å². The number of nitrogens with one attached hydrogen (secondary N) is 1. The maximum Gasteiger partial charge on any atom is 0.159 e. The largest absolute Gasteiger partial charge is 0.378 e. The first-order valence-electron chi connectivity index (χ1n) is 8.39. The van der Waals surface area contributed by atoms with Crippen molar-refractivity contribution in [2.45, 2.75) is 30.2 Å². The molecule has 1 aliphatic carbocycles. The Morgan fingerprint density at radius 1 is 1.17 bits per heavy atom. The number of carbonyl (C=O) groups is 1. The topological polar surface area (TPSA) is 29.1 Å². The van der Waals surface area contributed by atoms with Gasteiger partial charge in [0.05, 0.1) is 6.04 Å². The van der Waals surface area contributed by atoms with Gasteiger partial charge in [-0.1, -0.05) is 24.3 Å². The third-order valence-electron chi connectivity index (χ3n) is 5.24. The van der Waals surface area contributed by atoms with Crippen molar-refractivity contribution in [3.8, 4) is 0 Å². The maximum absolute atomic E-state index is 11.7. The Morgan fingerprint density at radius 2 is 1.96 bits per heavy atom. The van der Waals surface area contributed by atoms with Crippen LogP contribution in [-0.4, -0.2) is 12.0 Å². The molecular weight excluding hydrogens is 314 g/mol. The Balaban J connectivity index is 1.73. The van der Waals surface area contributed by atoms with Crippen LogP contribution in [0.4, 0.5) is 5.69 Å². The Labute approximate surface area is 147 Å². The molecule has 1 N–H and O–H groups in total. The van der Waals surface area contributed by atoms with Crippen molar-refractivity contribution in [2.75, 3.05) is 11.6 Å². The van der Waals surface area contributed by atoms with Crippen molar-refractivity contribution in [1.29, 1.82) is 0 Å². The molecule has 2 nitrogen and oxygen atoms in total. The minimum atomic E-state index is 0.131. The molecule has 3 atom stereocenters. The highest BCUT2D eigenvalue weighted by molar-refractivity contribution is 7.98. The van der Waals surface area contributed by atoms with Gasteiger partial charge in [0, 0.05) is 22.1 Å². The quantitative estimate of drug-likeness (QED) is 0.460. The molecular formula is C21H21NOS. The molecule has 3 heteroatoms. The molecule has 0 saturated heterocycles. The number of carbonyl (C=O) groups excluding carboxylic acids is 1. The fourth-order valence-corrected chi connectivity index (χ4v) is 4.36. The van der Waals surface area contributed by atoms with Gasteiger partial charge >= 0.3 is 0 Å². The van der Waals surface area contributed by atoms with Gasteiger partial charge in [-0.3, -0.25) is 4.79 Å². The molecule has 1 heterocycles.